The van der Waals surface area contributed by atoms with Gasteiger partial charge in [-0.25, -0.2) is 0 Å². The van der Waals surface area contributed by atoms with Crippen LogP contribution in [0.1, 0.15) is 11.1 Å². The van der Waals surface area contributed by atoms with Crippen LogP contribution < -0.4 is 5.73 Å². The van der Waals surface area contributed by atoms with Crippen LogP contribution in [0, 0.1) is 0 Å². The zero-order valence-corrected chi connectivity index (χ0v) is 12.8. The van der Waals surface area contributed by atoms with Crippen LogP contribution in [0.4, 0.5) is 5.69 Å². The van der Waals surface area contributed by atoms with Crippen molar-refractivity contribution in [1.29, 1.82) is 0 Å². The van der Waals surface area contributed by atoms with Crippen molar-refractivity contribution in [3.63, 3.8) is 0 Å². The summed E-state index contributed by atoms with van der Waals surface area (Å²) in [6.07, 6.45) is 1.87. The van der Waals surface area contributed by atoms with Crippen LogP contribution in [0.5, 0.6) is 5.88 Å². The van der Waals surface area contributed by atoms with E-state index in [0.717, 1.165) is 16.5 Å². The normalized spacial score (nSPS) is 12.7. The van der Waals surface area contributed by atoms with Crippen LogP contribution in [-0.2, 0) is 11.2 Å². The molecule has 0 aliphatic heterocycles. The highest BCUT2D eigenvalue weighted by atomic mass is 16.4. The number of carboxylic acid groups (broad SMARTS) is 1. The maximum absolute atomic E-state index is 10.8. The second-order valence-corrected chi connectivity index (χ2v) is 5.51. The fourth-order valence-corrected chi connectivity index (χ4v) is 2.48. The smallest absolute Gasteiger partial charge is 0.320 e. The summed E-state index contributed by atoms with van der Waals surface area (Å²) in [6, 6.07) is 13.8. The Morgan fingerprint density at radius 1 is 1.21 bits per heavy atom. The van der Waals surface area contributed by atoms with Crippen LogP contribution >= 0.6 is 0 Å². The summed E-state index contributed by atoms with van der Waals surface area (Å²) >= 11 is 0. The standard InChI is InChI=1S/C18H17N3O3/c19-15(18(23)24)9-11-5-7-12(8-6-11)20-10-14-13-3-1-2-4-16(13)21-17(14)22/h1-8,10,15,21-22H,9,19H2,(H,23,24)/t15-/m1/s1. The molecule has 0 aliphatic carbocycles. The summed E-state index contributed by atoms with van der Waals surface area (Å²) in [5.74, 6) is -0.948. The molecule has 0 radical (unpaired) electrons. The lowest BCUT2D eigenvalue weighted by Crippen LogP contribution is -2.32. The topological polar surface area (TPSA) is 112 Å². The minimum atomic E-state index is -1.02. The Morgan fingerprint density at radius 2 is 1.92 bits per heavy atom. The van der Waals surface area contributed by atoms with Gasteiger partial charge >= 0.3 is 5.97 Å². The van der Waals surface area contributed by atoms with E-state index >= 15 is 0 Å². The lowest BCUT2D eigenvalue weighted by molar-refractivity contribution is -0.138. The zero-order valence-electron chi connectivity index (χ0n) is 12.8. The van der Waals surface area contributed by atoms with Crippen molar-refractivity contribution in [2.75, 3.05) is 0 Å². The molecule has 3 aromatic rings. The Kier molecular flexibility index (Phi) is 4.31. The van der Waals surface area contributed by atoms with E-state index < -0.39 is 12.0 Å². The summed E-state index contributed by atoms with van der Waals surface area (Å²) < 4.78 is 0. The number of aromatic nitrogens is 1. The molecular weight excluding hydrogens is 306 g/mol. The summed E-state index contributed by atoms with van der Waals surface area (Å²) in [7, 11) is 0. The van der Waals surface area contributed by atoms with E-state index in [4.69, 9.17) is 10.8 Å². The average molecular weight is 323 g/mol. The number of H-pyrrole nitrogens is 1. The monoisotopic (exact) mass is 323 g/mol. The fraction of sp³-hybridized carbons (Fsp3) is 0.111. The van der Waals surface area contributed by atoms with E-state index in [1.807, 2.05) is 24.3 Å². The molecule has 0 saturated carbocycles. The number of aliphatic carboxylic acids is 1. The first kappa shape index (κ1) is 15.8. The molecule has 122 valence electrons. The van der Waals surface area contributed by atoms with Crippen molar-refractivity contribution >= 4 is 28.8 Å². The van der Waals surface area contributed by atoms with Crippen LogP contribution in [0.25, 0.3) is 10.9 Å². The molecule has 24 heavy (non-hydrogen) atoms. The van der Waals surface area contributed by atoms with Crippen LogP contribution in [0.2, 0.25) is 0 Å². The minimum Gasteiger partial charge on any atom is -0.494 e. The van der Waals surface area contributed by atoms with Crippen molar-refractivity contribution in [1.82, 2.24) is 4.98 Å². The van der Waals surface area contributed by atoms with Gasteiger partial charge in [-0.05, 0) is 30.2 Å². The van der Waals surface area contributed by atoms with Crippen LogP contribution in [0.3, 0.4) is 0 Å². The highest BCUT2D eigenvalue weighted by Gasteiger charge is 2.12. The summed E-state index contributed by atoms with van der Waals surface area (Å²) in [4.78, 5) is 18.0. The van der Waals surface area contributed by atoms with Crippen LogP contribution in [-0.4, -0.2) is 33.4 Å². The molecule has 0 saturated heterocycles. The van der Waals surface area contributed by atoms with Gasteiger partial charge in [-0.1, -0.05) is 30.3 Å². The zero-order chi connectivity index (χ0) is 17.1. The Labute approximate surface area is 138 Å². The molecule has 0 aliphatic rings. The number of aromatic hydroxyl groups is 1. The molecule has 0 amide bonds. The number of carbonyl (C=O) groups is 1. The third-order valence-electron chi connectivity index (χ3n) is 3.78. The van der Waals surface area contributed by atoms with Gasteiger partial charge in [0.25, 0.3) is 0 Å². The molecular formula is C18H17N3O3. The van der Waals surface area contributed by atoms with Gasteiger partial charge in [-0.15, -0.1) is 0 Å². The Hall–Kier alpha value is -3.12. The summed E-state index contributed by atoms with van der Waals surface area (Å²) in [5, 5.41) is 19.7. The Bertz CT molecular complexity index is 898. The van der Waals surface area contributed by atoms with Crippen LogP contribution in [0.15, 0.2) is 53.5 Å². The largest absolute Gasteiger partial charge is 0.494 e. The van der Waals surface area contributed by atoms with Gasteiger partial charge in [0, 0.05) is 17.1 Å². The molecule has 6 nitrogen and oxygen atoms in total. The SMILES string of the molecule is N[C@H](Cc1ccc(N=Cc2c(O)[nH]c3ccccc23)cc1)C(=O)O. The highest BCUT2D eigenvalue weighted by Crippen LogP contribution is 2.26. The number of aliphatic imine (C=N–C) groups is 1. The molecule has 1 aromatic heterocycles. The number of nitrogens with one attached hydrogen (secondary N) is 1. The van der Waals surface area contributed by atoms with E-state index in [1.54, 1.807) is 30.5 Å². The molecule has 2 aromatic carbocycles. The van der Waals surface area contributed by atoms with E-state index in [9.17, 15) is 9.90 Å². The first-order valence-electron chi connectivity index (χ1n) is 7.45. The fourth-order valence-electron chi connectivity index (χ4n) is 2.48. The predicted octanol–water partition coefficient (Wildman–Crippen LogP) is 2.58. The molecule has 1 heterocycles. The van der Waals surface area contributed by atoms with Gasteiger partial charge in [0.15, 0.2) is 5.88 Å². The van der Waals surface area contributed by atoms with E-state index in [-0.39, 0.29) is 12.3 Å². The second kappa shape index (κ2) is 6.55. The molecule has 3 rings (SSSR count). The minimum absolute atomic E-state index is 0.0731. The first-order valence-corrected chi connectivity index (χ1v) is 7.45. The third kappa shape index (κ3) is 3.28. The number of hydrogen-bond donors (Lipinski definition) is 4. The number of para-hydroxylation sites is 1. The van der Waals surface area contributed by atoms with Gasteiger partial charge in [-0.3, -0.25) is 9.79 Å². The molecule has 0 unspecified atom stereocenters. The van der Waals surface area contributed by atoms with Crippen molar-refractivity contribution < 1.29 is 15.0 Å². The molecule has 6 heteroatoms. The van der Waals surface area contributed by atoms with Gasteiger partial charge in [0.05, 0.1) is 11.3 Å². The van der Waals surface area contributed by atoms with Gasteiger partial charge in [0.1, 0.15) is 6.04 Å². The summed E-state index contributed by atoms with van der Waals surface area (Å²) in [6.45, 7) is 0. The number of carboxylic acids is 1. The van der Waals surface area contributed by atoms with Crippen molar-refractivity contribution in [2.24, 2.45) is 10.7 Å². The van der Waals surface area contributed by atoms with Crippen molar-refractivity contribution in [2.45, 2.75) is 12.5 Å². The van der Waals surface area contributed by atoms with Gasteiger partial charge in [-0.2, -0.15) is 0 Å². The summed E-state index contributed by atoms with van der Waals surface area (Å²) in [5.41, 5.74) is 8.52. The maximum Gasteiger partial charge on any atom is 0.320 e. The van der Waals surface area contributed by atoms with Gasteiger partial charge in [0.2, 0.25) is 0 Å². The molecule has 5 N–H and O–H groups in total. The number of nitrogens with zero attached hydrogens (tertiary/aromatic N) is 1. The molecule has 0 bridgehead atoms. The third-order valence-corrected chi connectivity index (χ3v) is 3.78. The average Bonchev–Trinajstić information content (AvgIpc) is 2.89. The molecule has 1 atom stereocenters. The van der Waals surface area contributed by atoms with Crippen molar-refractivity contribution in [3.05, 3.63) is 59.7 Å². The van der Waals surface area contributed by atoms with E-state index in [2.05, 4.69) is 9.98 Å². The van der Waals surface area contributed by atoms with Crippen molar-refractivity contribution in [3.8, 4) is 5.88 Å². The lowest BCUT2D eigenvalue weighted by atomic mass is 10.1. The van der Waals surface area contributed by atoms with E-state index in [1.165, 1.54) is 0 Å². The predicted molar refractivity (Wildman–Crippen MR) is 93.0 cm³/mol. The lowest BCUT2D eigenvalue weighted by Gasteiger charge is -2.06. The highest BCUT2D eigenvalue weighted by molar-refractivity contribution is 6.02. The molecule has 0 fully saturated rings. The number of aromatic amines is 1. The number of nitrogens with two attached hydrogens (primary N) is 1. The second-order valence-electron chi connectivity index (χ2n) is 5.51. The van der Waals surface area contributed by atoms with E-state index in [0.29, 0.717) is 11.3 Å². The number of benzene rings is 2. The number of hydrogen-bond acceptors (Lipinski definition) is 4. The number of rotatable bonds is 5. The molecule has 0 spiro atoms. The Balaban J connectivity index is 1.79. The van der Waals surface area contributed by atoms with Gasteiger partial charge < -0.3 is 20.9 Å². The number of fused-ring (bicyclic) bond motifs is 1. The quantitative estimate of drug-likeness (QED) is 0.541. The maximum atomic E-state index is 10.8. The Morgan fingerprint density at radius 3 is 2.62 bits per heavy atom. The first-order chi connectivity index (χ1) is 11.5.